The van der Waals surface area contributed by atoms with E-state index in [9.17, 15) is 0 Å². The Balaban J connectivity index is 1.70. The van der Waals surface area contributed by atoms with Crippen molar-refractivity contribution >= 4 is 17.3 Å². The van der Waals surface area contributed by atoms with Crippen molar-refractivity contribution in [3.05, 3.63) is 65.2 Å². The molecule has 1 atom stereocenters. The standard InChI is InChI=1S/C18H20ClN/c19-12-14-5-3-9-17(11-14)20-13-16-8-4-7-15-6-1-2-10-18(15)16/h1-3,5-6,9-11,16,20H,4,7-8,12-13H2. The Kier molecular flexibility index (Phi) is 4.27. The highest BCUT2D eigenvalue weighted by atomic mass is 35.5. The predicted molar refractivity (Wildman–Crippen MR) is 86.6 cm³/mol. The Hall–Kier alpha value is -1.47. The average molecular weight is 286 g/mol. The summed E-state index contributed by atoms with van der Waals surface area (Å²) in [6, 6.07) is 17.3. The number of alkyl halides is 1. The van der Waals surface area contributed by atoms with Crippen LogP contribution in [0.5, 0.6) is 0 Å². The number of halogens is 1. The number of anilines is 1. The summed E-state index contributed by atoms with van der Waals surface area (Å²) in [6.07, 6.45) is 3.80. The van der Waals surface area contributed by atoms with E-state index in [0.29, 0.717) is 11.8 Å². The van der Waals surface area contributed by atoms with Gasteiger partial charge in [0.1, 0.15) is 0 Å². The zero-order chi connectivity index (χ0) is 13.8. The zero-order valence-electron chi connectivity index (χ0n) is 11.6. The molecule has 0 aromatic heterocycles. The van der Waals surface area contributed by atoms with Crippen molar-refractivity contribution < 1.29 is 0 Å². The molecule has 3 rings (SSSR count). The molecule has 1 aliphatic carbocycles. The van der Waals surface area contributed by atoms with Crippen LogP contribution in [0.3, 0.4) is 0 Å². The van der Waals surface area contributed by atoms with Crippen molar-refractivity contribution in [1.29, 1.82) is 0 Å². The van der Waals surface area contributed by atoms with Gasteiger partial charge in [-0.2, -0.15) is 0 Å². The van der Waals surface area contributed by atoms with Crippen LogP contribution >= 0.6 is 11.6 Å². The third-order valence-corrected chi connectivity index (χ3v) is 4.44. The summed E-state index contributed by atoms with van der Waals surface area (Å²) in [5.74, 6) is 1.20. The van der Waals surface area contributed by atoms with Gasteiger partial charge in [0.25, 0.3) is 0 Å². The SMILES string of the molecule is ClCc1cccc(NCC2CCCc3ccccc32)c1. The maximum Gasteiger partial charge on any atom is 0.0474 e. The van der Waals surface area contributed by atoms with E-state index in [1.165, 1.54) is 41.6 Å². The lowest BCUT2D eigenvalue weighted by atomic mass is 9.83. The molecular formula is C18H20ClN. The Bertz CT molecular complexity index is 579. The zero-order valence-corrected chi connectivity index (χ0v) is 12.4. The van der Waals surface area contributed by atoms with E-state index in [4.69, 9.17) is 11.6 Å². The molecule has 0 amide bonds. The van der Waals surface area contributed by atoms with Gasteiger partial charge in [-0.05, 0) is 48.1 Å². The molecule has 1 N–H and O–H groups in total. The van der Waals surface area contributed by atoms with Gasteiger partial charge >= 0.3 is 0 Å². The highest BCUT2D eigenvalue weighted by molar-refractivity contribution is 6.17. The topological polar surface area (TPSA) is 12.0 Å². The third-order valence-electron chi connectivity index (χ3n) is 4.13. The lowest BCUT2D eigenvalue weighted by molar-refractivity contribution is 0.572. The fourth-order valence-corrected chi connectivity index (χ4v) is 3.24. The second-order valence-electron chi connectivity index (χ2n) is 5.50. The Morgan fingerprint density at radius 2 is 2.00 bits per heavy atom. The van der Waals surface area contributed by atoms with Crippen LogP contribution in [0.25, 0.3) is 0 Å². The van der Waals surface area contributed by atoms with E-state index >= 15 is 0 Å². The Labute approximate surface area is 126 Å². The summed E-state index contributed by atoms with van der Waals surface area (Å²) >= 11 is 5.89. The van der Waals surface area contributed by atoms with E-state index in [1.54, 1.807) is 0 Å². The third kappa shape index (κ3) is 2.99. The highest BCUT2D eigenvalue weighted by Gasteiger charge is 2.19. The number of hydrogen-bond donors (Lipinski definition) is 1. The number of hydrogen-bond acceptors (Lipinski definition) is 1. The number of fused-ring (bicyclic) bond motifs is 1. The van der Waals surface area contributed by atoms with Gasteiger partial charge in [0.2, 0.25) is 0 Å². The summed E-state index contributed by atoms with van der Waals surface area (Å²) in [5.41, 5.74) is 5.40. The van der Waals surface area contributed by atoms with Crippen molar-refractivity contribution in [2.45, 2.75) is 31.1 Å². The second-order valence-corrected chi connectivity index (χ2v) is 5.77. The fraction of sp³-hybridized carbons (Fsp3) is 0.333. The van der Waals surface area contributed by atoms with Gasteiger partial charge < -0.3 is 5.32 Å². The van der Waals surface area contributed by atoms with E-state index in [-0.39, 0.29) is 0 Å². The summed E-state index contributed by atoms with van der Waals surface area (Å²) in [4.78, 5) is 0. The van der Waals surface area contributed by atoms with Crippen LogP contribution in [0.1, 0.15) is 35.4 Å². The number of nitrogens with one attached hydrogen (secondary N) is 1. The molecule has 1 nitrogen and oxygen atoms in total. The quantitative estimate of drug-likeness (QED) is 0.783. The molecule has 2 aromatic rings. The van der Waals surface area contributed by atoms with E-state index in [1.807, 2.05) is 0 Å². The molecule has 0 fully saturated rings. The summed E-state index contributed by atoms with van der Waals surface area (Å²) in [7, 11) is 0. The van der Waals surface area contributed by atoms with Gasteiger partial charge in [0.15, 0.2) is 0 Å². The van der Waals surface area contributed by atoms with Gasteiger partial charge in [-0.1, -0.05) is 36.4 Å². The van der Waals surface area contributed by atoms with Gasteiger partial charge in [-0.25, -0.2) is 0 Å². The van der Waals surface area contributed by atoms with E-state index in [0.717, 1.165) is 6.54 Å². The molecule has 2 aromatic carbocycles. The Morgan fingerprint density at radius 3 is 2.90 bits per heavy atom. The number of aryl methyl sites for hydroxylation is 1. The maximum absolute atomic E-state index is 5.89. The molecule has 2 heteroatoms. The van der Waals surface area contributed by atoms with Crippen molar-refractivity contribution in [3.63, 3.8) is 0 Å². The minimum atomic E-state index is 0.571. The molecule has 0 radical (unpaired) electrons. The maximum atomic E-state index is 5.89. The van der Waals surface area contributed by atoms with Crippen LogP contribution in [0, 0.1) is 0 Å². The summed E-state index contributed by atoms with van der Waals surface area (Å²) in [5, 5.41) is 3.57. The normalized spacial score (nSPS) is 17.6. The van der Waals surface area contributed by atoms with Gasteiger partial charge in [0.05, 0.1) is 0 Å². The van der Waals surface area contributed by atoms with Crippen LogP contribution in [0.15, 0.2) is 48.5 Å². The molecule has 0 saturated heterocycles. The lowest BCUT2D eigenvalue weighted by Crippen LogP contribution is -2.18. The van der Waals surface area contributed by atoms with Crippen molar-refractivity contribution in [2.75, 3.05) is 11.9 Å². The molecule has 0 spiro atoms. The minimum absolute atomic E-state index is 0.571. The fourth-order valence-electron chi connectivity index (χ4n) is 3.07. The molecule has 0 aliphatic heterocycles. The van der Waals surface area contributed by atoms with Crippen LogP contribution < -0.4 is 5.32 Å². The molecule has 1 unspecified atom stereocenters. The smallest absolute Gasteiger partial charge is 0.0474 e. The van der Waals surface area contributed by atoms with Crippen molar-refractivity contribution in [3.8, 4) is 0 Å². The van der Waals surface area contributed by atoms with Crippen LogP contribution in [0.2, 0.25) is 0 Å². The Morgan fingerprint density at radius 1 is 1.10 bits per heavy atom. The minimum Gasteiger partial charge on any atom is -0.384 e. The average Bonchev–Trinajstić information content (AvgIpc) is 2.53. The first kappa shape index (κ1) is 13.5. The van der Waals surface area contributed by atoms with Crippen LogP contribution in [0.4, 0.5) is 5.69 Å². The molecule has 1 aliphatic rings. The number of rotatable bonds is 4. The van der Waals surface area contributed by atoms with Crippen molar-refractivity contribution in [2.24, 2.45) is 0 Å². The van der Waals surface area contributed by atoms with Gasteiger partial charge in [0, 0.05) is 24.0 Å². The molecule has 0 heterocycles. The molecule has 0 bridgehead atoms. The van der Waals surface area contributed by atoms with E-state index < -0.39 is 0 Å². The monoisotopic (exact) mass is 285 g/mol. The summed E-state index contributed by atoms with van der Waals surface area (Å²) in [6.45, 7) is 1.00. The van der Waals surface area contributed by atoms with Crippen molar-refractivity contribution in [1.82, 2.24) is 0 Å². The van der Waals surface area contributed by atoms with Crippen LogP contribution in [-0.2, 0) is 12.3 Å². The number of benzene rings is 2. The largest absolute Gasteiger partial charge is 0.384 e. The highest BCUT2D eigenvalue weighted by Crippen LogP contribution is 2.31. The first-order chi connectivity index (χ1) is 9.86. The summed E-state index contributed by atoms with van der Waals surface area (Å²) < 4.78 is 0. The molecule has 20 heavy (non-hydrogen) atoms. The first-order valence-corrected chi connectivity index (χ1v) is 7.87. The molecule has 104 valence electrons. The lowest BCUT2D eigenvalue weighted by Gasteiger charge is -2.26. The molecular weight excluding hydrogens is 266 g/mol. The first-order valence-electron chi connectivity index (χ1n) is 7.33. The van der Waals surface area contributed by atoms with Crippen LogP contribution in [-0.4, -0.2) is 6.54 Å². The predicted octanol–water partition coefficient (Wildman–Crippen LogP) is 4.96. The van der Waals surface area contributed by atoms with E-state index in [2.05, 4.69) is 53.8 Å². The van der Waals surface area contributed by atoms with Gasteiger partial charge in [-0.15, -0.1) is 11.6 Å². The molecule has 0 saturated carbocycles. The van der Waals surface area contributed by atoms with Gasteiger partial charge in [-0.3, -0.25) is 0 Å². The second kappa shape index (κ2) is 6.32.